The monoisotopic (exact) mass is 318 g/mol. The quantitative estimate of drug-likeness (QED) is 0.747. The van der Waals surface area contributed by atoms with E-state index in [1.807, 2.05) is 18.7 Å². The highest BCUT2D eigenvalue weighted by molar-refractivity contribution is 8.01. The van der Waals surface area contributed by atoms with Crippen LogP contribution >= 0.6 is 23.1 Å². The van der Waals surface area contributed by atoms with E-state index in [4.69, 9.17) is 19.3 Å². The van der Waals surface area contributed by atoms with Crippen molar-refractivity contribution in [2.45, 2.75) is 41.6 Å². The Morgan fingerprint density at radius 3 is 3.05 bits per heavy atom. The van der Waals surface area contributed by atoms with Gasteiger partial charge in [0.15, 0.2) is 6.29 Å². The lowest BCUT2D eigenvalue weighted by Crippen LogP contribution is -2.25. The number of aliphatic hydroxyl groups is 1. The van der Waals surface area contributed by atoms with Crippen molar-refractivity contribution in [3.8, 4) is 0 Å². The van der Waals surface area contributed by atoms with E-state index in [0.29, 0.717) is 18.5 Å². The SMILES string of the molecule is CCOC(COC1CC(CCO)Sc2sccc21)OC. The van der Waals surface area contributed by atoms with Crippen molar-refractivity contribution in [1.82, 2.24) is 0 Å². The minimum atomic E-state index is -0.312. The molecule has 1 N–H and O–H groups in total. The van der Waals surface area contributed by atoms with Crippen LogP contribution in [-0.2, 0) is 14.2 Å². The summed E-state index contributed by atoms with van der Waals surface area (Å²) in [5, 5.41) is 11.7. The number of ether oxygens (including phenoxy) is 3. The van der Waals surface area contributed by atoms with Crippen LogP contribution in [0, 0.1) is 0 Å². The summed E-state index contributed by atoms with van der Waals surface area (Å²) in [6.45, 7) is 3.21. The number of hydrogen-bond acceptors (Lipinski definition) is 6. The van der Waals surface area contributed by atoms with Crippen molar-refractivity contribution in [2.75, 3.05) is 26.9 Å². The van der Waals surface area contributed by atoms with Crippen molar-refractivity contribution in [3.63, 3.8) is 0 Å². The Hall–Kier alpha value is -0.110. The van der Waals surface area contributed by atoms with Crippen LogP contribution in [0.1, 0.15) is 31.4 Å². The minimum absolute atomic E-state index is 0.0761. The Balaban J connectivity index is 1.96. The van der Waals surface area contributed by atoms with Gasteiger partial charge in [-0.05, 0) is 31.2 Å². The Kier molecular flexibility index (Phi) is 6.80. The molecule has 0 bridgehead atoms. The molecule has 1 aromatic heterocycles. The van der Waals surface area contributed by atoms with E-state index >= 15 is 0 Å². The molecule has 1 aromatic rings. The first-order valence-electron chi connectivity index (χ1n) is 6.89. The van der Waals surface area contributed by atoms with Gasteiger partial charge in [0.25, 0.3) is 0 Å². The van der Waals surface area contributed by atoms with Crippen LogP contribution < -0.4 is 0 Å². The fourth-order valence-corrected chi connectivity index (χ4v) is 4.85. The maximum absolute atomic E-state index is 9.14. The van der Waals surface area contributed by atoms with Gasteiger partial charge in [-0.1, -0.05) is 0 Å². The van der Waals surface area contributed by atoms with Crippen molar-refractivity contribution < 1.29 is 19.3 Å². The van der Waals surface area contributed by atoms with Gasteiger partial charge in [0.1, 0.15) is 0 Å². The molecular weight excluding hydrogens is 296 g/mol. The van der Waals surface area contributed by atoms with Gasteiger partial charge in [-0.15, -0.1) is 23.1 Å². The fourth-order valence-electron chi connectivity index (χ4n) is 2.25. The van der Waals surface area contributed by atoms with Gasteiger partial charge in [-0.25, -0.2) is 0 Å². The molecule has 0 saturated heterocycles. The molecule has 0 aromatic carbocycles. The Bertz CT molecular complexity index is 396. The minimum Gasteiger partial charge on any atom is -0.396 e. The molecule has 0 fully saturated rings. The molecule has 1 aliphatic rings. The largest absolute Gasteiger partial charge is 0.396 e. The van der Waals surface area contributed by atoms with E-state index in [9.17, 15) is 0 Å². The van der Waals surface area contributed by atoms with E-state index in [-0.39, 0.29) is 19.0 Å². The predicted molar refractivity (Wildman–Crippen MR) is 81.4 cm³/mol. The molecule has 1 aliphatic heterocycles. The van der Waals surface area contributed by atoms with Crippen LogP contribution in [0.4, 0.5) is 0 Å². The molecule has 3 atom stereocenters. The molecular formula is C14H22O4S2. The van der Waals surface area contributed by atoms with Gasteiger partial charge >= 0.3 is 0 Å². The predicted octanol–water partition coefficient (Wildman–Crippen LogP) is 3.06. The lowest BCUT2D eigenvalue weighted by atomic mass is 10.1. The summed E-state index contributed by atoms with van der Waals surface area (Å²) in [5.74, 6) is 0. The molecule has 0 aliphatic carbocycles. The first-order valence-corrected chi connectivity index (χ1v) is 8.65. The lowest BCUT2D eigenvalue weighted by molar-refractivity contribution is -0.165. The van der Waals surface area contributed by atoms with Gasteiger partial charge in [0.2, 0.25) is 0 Å². The Morgan fingerprint density at radius 2 is 2.35 bits per heavy atom. The number of rotatable bonds is 8. The molecule has 2 rings (SSSR count). The number of methoxy groups -OCH3 is 1. The van der Waals surface area contributed by atoms with Gasteiger partial charge in [-0.3, -0.25) is 0 Å². The maximum Gasteiger partial charge on any atom is 0.180 e. The third-order valence-corrected chi connectivity index (χ3v) is 5.77. The summed E-state index contributed by atoms with van der Waals surface area (Å²) in [4.78, 5) is 0. The smallest absolute Gasteiger partial charge is 0.180 e. The Labute approximate surface area is 128 Å². The zero-order valence-corrected chi connectivity index (χ0v) is 13.5. The second-order valence-corrected chi connectivity index (χ2v) is 7.08. The standard InChI is InChI=1S/C14H22O4S2/c1-3-17-13(16-2)9-18-12-8-10(4-6-15)20-14-11(12)5-7-19-14/h5,7,10,12-13,15H,3-4,6,8-9H2,1-2H3. The first-order chi connectivity index (χ1) is 9.78. The molecule has 2 heterocycles. The van der Waals surface area contributed by atoms with E-state index in [2.05, 4.69) is 11.4 Å². The van der Waals surface area contributed by atoms with Crippen molar-refractivity contribution in [2.24, 2.45) is 0 Å². The summed E-state index contributed by atoms with van der Waals surface area (Å²) in [6.07, 6.45) is 1.50. The fraction of sp³-hybridized carbons (Fsp3) is 0.714. The topological polar surface area (TPSA) is 47.9 Å². The number of fused-ring (bicyclic) bond motifs is 1. The number of aliphatic hydroxyl groups excluding tert-OH is 1. The highest BCUT2D eigenvalue weighted by Gasteiger charge is 2.29. The summed E-state index contributed by atoms with van der Waals surface area (Å²) < 4.78 is 18.0. The van der Waals surface area contributed by atoms with Crippen LogP contribution in [-0.4, -0.2) is 43.6 Å². The van der Waals surface area contributed by atoms with Crippen LogP contribution in [0.25, 0.3) is 0 Å². The molecule has 3 unspecified atom stereocenters. The van der Waals surface area contributed by atoms with Gasteiger partial charge < -0.3 is 19.3 Å². The molecule has 6 heteroatoms. The Morgan fingerprint density at radius 1 is 1.50 bits per heavy atom. The highest BCUT2D eigenvalue weighted by Crippen LogP contribution is 2.46. The lowest BCUT2D eigenvalue weighted by Gasteiger charge is -2.29. The highest BCUT2D eigenvalue weighted by atomic mass is 32.2. The molecule has 0 spiro atoms. The van der Waals surface area contributed by atoms with Crippen molar-refractivity contribution in [3.05, 3.63) is 17.0 Å². The van der Waals surface area contributed by atoms with Gasteiger partial charge in [-0.2, -0.15) is 0 Å². The molecule has 20 heavy (non-hydrogen) atoms. The first kappa shape index (κ1) is 16.3. The van der Waals surface area contributed by atoms with E-state index in [1.54, 1.807) is 18.4 Å². The number of thiophene rings is 1. The molecule has 114 valence electrons. The van der Waals surface area contributed by atoms with Crippen LogP contribution in [0.3, 0.4) is 0 Å². The van der Waals surface area contributed by atoms with Gasteiger partial charge in [0, 0.05) is 31.1 Å². The second kappa shape index (κ2) is 8.36. The van der Waals surface area contributed by atoms with E-state index in [0.717, 1.165) is 12.8 Å². The summed E-state index contributed by atoms with van der Waals surface area (Å²) in [7, 11) is 1.63. The normalized spacial score (nSPS) is 23.6. The summed E-state index contributed by atoms with van der Waals surface area (Å²) in [6, 6.07) is 2.13. The second-order valence-electron chi connectivity index (χ2n) is 4.59. The number of thioether (sulfide) groups is 1. The zero-order chi connectivity index (χ0) is 14.4. The van der Waals surface area contributed by atoms with Gasteiger partial charge in [0.05, 0.1) is 16.9 Å². The van der Waals surface area contributed by atoms with Crippen molar-refractivity contribution in [1.29, 1.82) is 0 Å². The van der Waals surface area contributed by atoms with E-state index in [1.165, 1.54) is 9.77 Å². The maximum atomic E-state index is 9.14. The molecule has 4 nitrogen and oxygen atoms in total. The average molecular weight is 318 g/mol. The van der Waals surface area contributed by atoms with Crippen LogP contribution in [0.5, 0.6) is 0 Å². The van der Waals surface area contributed by atoms with Crippen LogP contribution in [0.2, 0.25) is 0 Å². The summed E-state index contributed by atoms with van der Waals surface area (Å²) >= 11 is 3.61. The average Bonchev–Trinajstić information content (AvgIpc) is 2.92. The zero-order valence-electron chi connectivity index (χ0n) is 11.9. The number of hydrogen-bond donors (Lipinski definition) is 1. The third-order valence-electron chi connectivity index (χ3n) is 3.26. The van der Waals surface area contributed by atoms with Crippen LogP contribution in [0.15, 0.2) is 15.7 Å². The summed E-state index contributed by atoms with van der Waals surface area (Å²) in [5.41, 5.74) is 1.26. The molecule has 0 amide bonds. The third kappa shape index (κ3) is 4.19. The molecule has 0 saturated carbocycles. The van der Waals surface area contributed by atoms with E-state index < -0.39 is 0 Å². The van der Waals surface area contributed by atoms with Crippen molar-refractivity contribution >= 4 is 23.1 Å². The molecule has 0 radical (unpaired) electrons.